The Labute approximate surface area is 139 Å². The number of carbonyl (C=O) groups excluding carboxylic acids is 1. The van der Waals surface area contributed by atoms with E-state index < -0.39 is 17.7 Å². The van der Waals surface area contributed by atoms with Gasteiger partial charge in [0, 0.05) is 18.8 Å². The zero-order valence-corrected chi connectivity index (χ0v) is 13.5. The Morgan fingerprint density at radius 1 is 1.08 bits per heavy atom. The van der Waals surface area contributed by atoms with Gasteiger partial charge in [0.15, 0.2) is 0 Å². The maximum absolute atomic E-state index is 13.7. The fraction of sp³-hybridized carbons (Fsp3) is 0.222. The minimum atomic E-state index is -1.08. The standard InChI is InChI=1S/C18H19FN2O3/c1-3-21(4-2)16-10-9-12(11-14(16)18(23)24)20-17(22)13-7-5-6-8-15(13)19/h5-11H,3-4H2,1-2H3,(H,20,22)(H,23,24). The van der Waals surface area contributed by atoms with Gasteiger partial charge in [-0.2, -0.15) is 0 Å². The summed E-state index contributed by atoms with van der Waals surface area (Å²) in [5.74, 6) is -2.34. The van der Waals surface area contributed by atoms with E-state index in [1.807, 2.05) is 18.7 Å². The lowest BCUT2D eigenvalue weighted by Crippen LogP contribution is -2.24. The predicted octanol–water partition coefficient (Wildman–Crippen LogP) is 3.62. The average Bonchev–Trinajstić information content (AvgIpc) is 2.57. The lowest BCUT2D eigenvalue weighted by Gasteiger charge is -2.23. The van der Waals surface area contributed by atoms with Crippen LogP contribution in [0.15, 0.2) is 42.5 Å². The van der Waals surface area contributed by atoms with Crippen molar-refractivity contribution in [1.29, 1.82) is 0 Å². The Bertz CT molecular complexity index is 758. The Morgan fingerprint density at radius 3 is 2.33 bits per heavy atom. The molecule has 5 nitrogen and oxygen atoms in total. The first kappa shape index (κ1) is 17.5. The van der Waals surface area contributed by atoms with Crippen molar-refractivity contribution < 1.29 is 19.1 Å². The topological polar surface area (TPSA) is 69.6 Å². The summed E-state index contributed by atoms with van der Waals surface area (Å²) < 4.78 is 13.7. The summed E-state index contributed by atoms with van der Waals surface area (Å²) in [6, 6.07) is 10.3. The van der Waals surface area contributed by atoms with Crippen LogP contribution < -0.4 is 10.2 Å². The molecule has 6 heteroatoms. The number of carboxylic acids is 1. The lowest BCUT2D eigenvalue weighted by atomic mass is 10.1. The van der Waals surface area contributed by atoms with Crippen LogP contribution in [0.4, 0.5) is 15.8 Å². The summed E-state index contributed by atoms with van der Waals surface area (Å²) in [7, 11) is 0. The molecular formula is C18H19FN2O3. The van der Waals surface area contributed by atoms with E-state index in [2.05, 4.69) is 5.32 Å². The van der Waals surface area contributed by atoms with E-state index in [0.29, 0.717) is 24.5 Å². The minimum absolute atomic E-state index is 0.0880. The van der Waals surface area contributed by atoms with Crippen molar-refractivity contribution >= 4 is 23.3 Å². The number of halogens is 1. The highest BCUT2D eigenvalue weighted by atomic mass is 19.1. The van der Waals surface area contributed by atoms with Gasteiger partial charge < -0.3 is 15.3 Å². The molecule has 0 spiro atoms. The van der Waals surface area contributed by atoms with Crippen molar-refractivity contribution in [3.8, 4) is 0 Å². The molecule has 2 aromatic carbocycles. The van der Waals surface area contributed by atoms with E-state index in [4.69, 9.17) is 0 Å². The van der Waals surface area contributed by atoms with Gasteiger partial charge in [0.2, 0.25) is 0 Å². The van der Waals surface area contributed by atoms with Crippen molar-refractivity contribution in [2.75, 3.05) is 23.3 Å². The number of nitrogens with zero attached hydrogens (tertiary/aromatic N) is 1. The largest absolute Gasteiger partial charge is 0.478 e. The molecule has 0 aliphatic heterocycles. The van der Waals surface area contributed by atoms with Crippen LogP contribution >= 0.6 is 0 Å². The van der Waals surface area contributed by atoms with Crippen LogP contribution in [-0.2, 0) is 0 Å². The molecule has 0 radical (unpaired) electrons. The third-order valence-electron chi connectivity index (χ3n) is 3.71. The minimum Gasteiger partial charge on any atom is -0.478 e. The number of rotatable bonds is 6. The molecule has 24 heavy (non-hydrogen) atoms. The second kappa shape index (κ2) is 7.59. The highest BCUT2D eigenvalue weighted by Crippen LogP contribution is 2.25. The first-order valence-electron chi connectivity index (χ1n) is 7.66. The zero-order chi connectivity index (χ0) is 17.7. The maximum Gasteiger partial charge on any atom is 0.337 e. The van der Waals surface area contributed by atoms with E-state index in [-0.39, 0.29) is 11.1 Å². The molecule has 0 heterocycles. The maximum atomic E-state index is 13.7. The molecule has 0 atom stereocenters. The van der Waals surface area contributed by atoms with Crippen molar-refractivity contribution in [2.45, 2.75) is 13.8 Å². The summed E-state index contributed by atoms with van der Waals surface area (Å²) in [5.41, 5.74) is 0.875. The Morgan fingerprint density at radius 2 is 1.75 bits per heavy atom. The van der Waals surface area contributed by atoms with Gasteiger partial charge in [-0.05, 0) is 44.2 Å². The average molecular weight is 330 g/mol. The molecule has 0 saturated carbocycles. The third kappa shape index (κ3) is 3.71. The molecule has 1 amide bonds. The first-order chi connectivity index (χ1) is 11.5. The number of anilines is 2. The number of hydrogen-bond acceptors (Lipinski definition) is 3. The van der Waals surface area contributed by atoms with Gasteiger partial charge in [-0.15, -0.1) is 0 Å². The smallest absolute Gasteiger partial charge is 0.337 e. The number of benzene rings is 2. The quantitative estimate of drug-likeness (QED) is 0.849. The van der Waals surface area contributed by atoms with Crippen molar-refractivity contribution in [3.05, 3.63) is 59.4 Å². The molecule has 0 aliphatic rings. The van der Waals surface area contributed by atoms with Gasteiger partial charge in [-0.1, -0.05) is 12.1 Å². The number of nitrogens with one attached hydrogen (secondary N) is 1. The highest BCUT2D eigenvalue weighted by molar-refractivity contribution is 6.05. The summed E-state index contributed by atoms with van der Waals surface area (Å²) in [6.07, 6.45) is 0. The fourth-order valence-corrected chi connectivity index (χ4v) is 2.47. The predicted molar refractivity (Wildman–Crippen MR) is 91.3 cm³/mol. The van der Waals surface area contributed by atoms with Crippen LogP contribution in [0.3, 0.4) is 0 Å². The third-order valence-corrected chi connectivity index (χ3v) is 3.71. The summed E-state index contributed by atoms with van der Waals surface area (Å²) in [6.45, 7) is 5.20. The zero-order valence-electron chi connectivity index (χ0n) is 13.5. The molecule has 0 aromatic heterocycles. The van der Waals surface area contributed by atoms with Crippen molar-refractivity contribution in [2.24, 2.45) is 0 Å². The van der Waals surface area contributed by atoms with Crippen molar-refractivity contribution in [1.82, 2.24) is 0 Å². The Hall–Kier alpha value is -2.89. The van der Waals surface area contributed by atoms with Crippen LogP contribution in [0.1, 0.15) is 34.6 Å². The summed E-state index contributed by atoms with van der Waals surface area (Å²) >= 11 is 0. The second-order valence-corrected chi connectivity index (χ2v) is 5.14. The molecule has 126 valence electrons. The van der Waals surface area contributed by atoms with E-state index in [0.717, 1.165) is 0 Å². The molecule has 2 rings (SSSR count). The van der Waals surface area contributed by atoms with Crippen molar-refractivity contribution in [3.63, 3.8) is 0 Å². The lowest BCUT2D eigenvalue weighted by molar-refractivity contribution is 0.0697. The van der Waals surface area contributed by atoms with Crippen LogP contribution in [-0.4, -0.2) is 30.1 Å². The molecule has 0 saturated heterocycles. The highest BCUT2D eigenvalue weighted by Gasteiger charge is 2.17. The van der Waals surface area contributed by atoms with Gasteiger partial charge in [-0.25, -0.2) is 9.18 Å². The van der Waals surface area contributed by atoms with Gasteiger partial charge in [0.25, 0.3) is 5.91 Å². The Kier molecular flexibility index (Phi) is 5.52. The van der Waals surface area contributed by atoms with Gasteiger partial charge in [-0.3, -0.25) is 4.79 Å². The van der Waals surface area contributed by atoms with Gasteiger partial charge in [0.05, 0.1) is 16.8 Å². The van der Waals surface area contributed by atoms with Gasteiger partial charge >= 0.3 is 5.97 Å². The normalized spacial score (nSPS) is 10.3. The number of aromatic carboxylic acids is 1. The molecule has 0 fully saturated rings. The molecule has 2 N–H and O–H groups in total. The fourth-order valence-electron chi connectivity index (χ4n) is 2.47. The summed E-state index contributed by atoms with van der Waals surface area (Å²) in [5, 5.41) is 12.0. The van der Waals surface area contributed by atoms with Crippen LogP contribution in [0.5, 0.6) is 0 Å². The molecule has 2 aromatic rings. The first-order valence-corrected chi connectivity index (χ1v) is 7.66. The van der Waals surface area contributed by atoms with Crippen LogP contribution in [0.2, 0.25) is 0 Å². The van der Waals surface area contributed by atoms with E-state index >= 15 is 0 Å². The molecule has 0 unspecified atom stereocenters. The van der Waals surface area contributed by atoms with E-state index in [1.165, 1.54) is 24.3 Å². The molecule has 0 bridgehead atoms. The number of carbonyl (C=O) groups is 2. The summed E-state index contributed by atoms with van der Waals surface area (Å²) in [4.78, 5) is 25.6. The SMILES string of the molecule is CCN(CC)c1ccc(NC(=O)c2ccccc2F)cc1C(=O)O. The molecule has 0 aliphatic carbocycles. The van der Waals surface area contributed by atoms with E-state index in [1.54, 1.807) is 18.2 Å². The van der Waals surface area contributed by atoms with Gasteiger partial charge in [0.1, 0.15) is 5.82 Å². The number of hydrogen-bond donors (Lipinski definition) is 2. The Balaban J connectivity index is 2.32. The second-order valence-electron chi connectivity index (χ2n) is 5.14. The number of carboxylic acid groups (broad SMARTS) is 1. The van der Waals surface area contributed by atoms with Crippen LogP contribution in [0, 0.1) is 5.82 Å². The molecular weight excluding hydrogens is 311 g/mol. The van der Waals surface area contributed by atoms with E-state index in [9.17, 15) is 19.1 Å². The number of amides is 1. The monoisotopic (exact) mass is 330 g/mol. The van der Waals surface area contributed by atoms with Crippen LogP contribution in [0.25, 0.3) is 0 Å².